The third-order valence-electron chi connectivity index (χ3n) is 6.43. The van der Waals surface area contributed by atoms with Crippen molar-refractivity contribution >= 4 is 11.2 Å². The molecule has 3 heterocycles. The minimum Gasteiger partial charge on any atom is -0.333 e. The molecule has 10 heteroatoms. The van der Waals surface area contributed by atoms with E-state index in [-0.39, 0.29) is 24.0 Å². The Hall–Kier alpha value is -4.21. The van der Waals surface area contributed by atoms with E-state index in [1.165, 1.54) is 16.2 Å². The van der Waals surface area contributed by atoms with Crippen LogP contribution in [0, 0.1) is 0 Å². The molecule has 5 aromatic rings. The molecule has 0 aliphatic rings. The van der Waals surface area contributed by atoms with E-state index in [4.69, 9.17) is 4.98 Å². The van der Waals surface area contributed by atoms with Crippen LogP contribution in [0.3, 0.4) is 0 Å². The maximum Gasteiger partial charge on any atom is 0.434 e. The van der Waals surface area contributed by atoms with E-state index in [2.05, 4.69) is 23.8 Å². The predicted octanol–water partition coefficient (Wildman–Crippen LogP) is 5.39. The summed E-state index contributed by atoms with van der Waals surface area (Å²) in [7, 11) is 3.20. The number of aryl methyl sites for hydroxylation is 2. The number of halogens is 3. The molecule has 0 atom stereocenters. The Kier molecular flexibility index (Phi) is 5.97. The monoisotopic (exact) mass is 506 g/mol. The van der Waals surface area contributed by atoms with E-state index in [1.54, 1.807) is 42.1 Å². The summed E-state index contributed by atoms with van der Waals surface area (Å²) < 4.78 is 43.6. The van der Waals surface area contributed by atoms with Crippen LogP contribution in [0.2, 0.25) is 0 Å². The number of hydrogen-bond acceptors (Lipinski definition) is 4. The van der Waals surface area contributed by atoms with Crippen molar-refractivity contribution in [2.24, 2.45) is 14.1 Å². The molecule has 0 fully saturated rings. The zero-order valence-corrected chi connectivity index (χ0v) is 20.8. The zero-order valence-electron chi connectivity index (χ0n) is 20.8. The lowest BCUT2D eigenvalue weighted by molar-refractivity contribution is -0.140. The summed E-state index contributed by atoms with van der Waals surface area (Å²) in [5, 5.41) is 0. The minimum absolute atomic E-state index is 0.211. The molecule has 190 valence electrons. The predicted molar refractivity (Wildman–Crippen MR) is 135 cm³/mol. The maximum atomic E-state index is 13.1. The summed E-state index contributed by atoms with van der Waals surface area (Å²) in [6, 6.07) is 14.9. The van der Waals surface area contributed by atoms with Crippen LogP contribution in [0.25, 0.3) is 33.9 Å². The van der Waals surface area contributed by atoms with Gasteiger partial charge in [0.05, 0.1) is 12.7 Å². The van der Waals surface area contributed by atoms with E-state index in [1.807, 2.05) is 24.3 Å². The molecule has 5 rings (SSSR count). The van der Waals surface area contributed by atoms with Crippen LogP contribution < -0.4 is 5.69 Å². The molecular weight excluding hydrogens is 481 g/mol. The van der Waals surface area contributed by atoms with E-state index < -0.39 is 11.9 Å². The fourth-order valence-electron chi connectivity index (χ4n) is 4.47. The summed E-state index contributed by atoms with van der Waals surface area (Å²) in [4.78, 5) is 26.1. The highest BCUT2D eigenvalue weighted by Gasteiger charge is 2.34. The molecule has 0 N–H and O–H groups in total. The summed E-state index contributed by atoms with van der Waals surface area (Å²) >= 11 is 0. The van der Waals surface area contributed by atoms with Crippen molar-refractivity contribution in [3.05, 3.63) is 88.2 Å². The molecule has 37 heavy (non-hydrogen) atoms. The number of fused-ring (bicyclic) bond motifs is 1. The Morgan fingerprint density at radius 1 is 0.973 bits per heavy atom. The number of nitrogens with zero attached hydrogens (tertiary/aromatic N) is 6. The van der Waals surface area contributed by atoms with Crippen LogP contribution in [-0.2, 0) is 26.8 Å². The number of rotatable bonds is 5. The van der Waals surface area contributed by atoms with Gasteiger partial charge in [-0.3, -0.25) is 9.13 Å². The average Bonchev–Trinajstić information content (AvgIpc) is 3.38. The van der Waals surface area contributed by atoms with Gasteiger partial charge in [-0.15, -0.1) is 0 Å². The van der Waals surface area contributed by atoms with Crippen LogP contribution in [0.5, 0.6) is 0 Å². The number of imidazole rings is 2. The van der Waals surface area contributed by atoms with Gasteiger partial charge in [0.15, 0.2) is 17.2 Å². The van der Waals surface area contributed by atoms with Gasteiger partial charge in [-0.2, -0.15) is 13.2 Å². The molecule has 0 aliphatic carbocycles. The van der Waals surface area contributed by atoms with E-state index in [0.717, 1.165) is 22.9 Å². The van der Waals surface area contributed by atoms with Gasteiger partial charge in [-0.25, -0.2) is 19.7 Å². The van der Waals surface area contributed by atoms with Crippen molar-refractivity contribution in [3.63, 3.8) is 0 Å². The maximum absolute atomic E-state index is 13.1. The van der Waals surface area contributed by atoms with Crippen molar-refractivity contribution in [1.82, 2.24) is 28.7 Å². The second kappa shape index (κ2) is 9.02. The first-order chi connectivity index (χ1) is 17.5. The van der Waals surface area contributed by atoms with Crippen molar-refractivity contribution in [3.8, 4) is 22.8 Å². The molecule has 0 unspecified atom stereocenters. The SMILES string of the molecule is CC(C)c1ccccc1-c1ncc2c(n1)n(Cc1ccc(-c3nc(C(F)(F)F)cn3C)cc1)c(=O)n2C. The van der Waals surface area contributed by atoms with Gasteiger partial charge in [0.2, 0.25) is 0 Å². The first-order valence-corrected chi connectivity index (χ1v) is 11.8. The fraction of sp³-hybridized carbons (Fsp3) is 0.259. The Bertz CT molecular complexity index is 1660. The first kappa shape index (κ1) is 24.5. The molecule has 0 radical (unpaired) electrons. The highest BCUT2D eigenvalue weighted by Crippen LogP contribution is 2.31. The highest BCUT2D eigenvalue weighted by molar-refractivity contribution is 5.74. The largest absolute Gasteiger partial charge is 0.434 e. The quantitative estimate of drug-likeness (QED) is 0.321. The Balaban J connectivity index is 1.51. The van der Waals surface area contributed by atoms with Crippen LogP contribution >= 0.6 is 0 Å². The van der Waals surface area contributed by atoms with Gasteiger partial charge in [0, 0.05) is 31.4 Å². The third-order valence-corrected chi connectivity index (χ3v) is 6.43. The van der Waals surface area contributed by atoms with E-state index in [9.17, 15) is 18.0 Å². The number of benzene rings is 2. The summed E-state index contributed by atoms with van der Waals surface area (Å²) in [5.41, 5.74) is 3.32. The Morgan fingerprint density at radius 2 is 1.68 bits per heavy atom. The molecule has 0 bridgehead atoms. The lowest BCUT2D eigenvalue weighted by Gasteiger charge is -2.11. The number of aromatic nitrogens is 6. The van der Waals surface area contributed by atoms with Crippen LogP contribution in [0.15, 0.2) is 65.7 Å². The molecule has 2 aromatic carbocycles. The van der Waals surface area contributed by atoms with Gasteiger partial charge in [-0.1, -0.05) is 62.4 Å². The molecule has 0 aliphatic heterocycles. The standard InChI is InChI=1S/C27H25F3N6O/c1-16(2)19-7-5-6-8-20(19)23-31-13-21-25(33-23)36(26(37)35(21)4)14-17-9-11-18(12-10-17)24-32-22(15-34(24)3)27(28,29)30/h5-13,15-16H,14H2,1-4H3. The summed E-state index contributed by atoms with van der Waals surface area (Å²) in [5.74, 6) is 1.03. The molecule has 0 amide bonds. The van der Waals surface area contributed by atoms with E-state index in [0.29, 0.717) is 22.6 Å². The summed E-state index contributed by atoms with van der Waals surface area (Å²) in [6.45, 7) is 4.45. The van der Waals surface area contributed by atoms with E-state index >= 15 is 0 Å². The second-order valence-electron chi connectivity index (χ2n) is 9.33. The number of hydrogen-bond donors (Lipinski definition) is 0. The van der Waals surface area contributed by atoms with Gasteiger partial charge >= 0.3 is 11.9 Å². The molecular formula is C27H25F3N6O. The fourth-order valence-corrected chi connectivity index (χ4v) is 4.47. The van der Waals surface area contributed by atoms with Crippen molar-refractivity contribution in [2.75, 3.05) is 0 Å². The zero-order chi connectivity index (χ0) is 26.5. The van der Waals surface area contributed by atoms with Crippen LogP contribution in [-0.4, -0.2) is 28.7 Å². The Morgan fingerprint density at radius 3 is 2.32 bits per heavy atom. The topological polar surface area (TPSA) is 70.5 Å². The van der Waals surface area contributed by atoms with Gasteiger partial charge < -0.3 is 4.57 Å². The van der Waals surface area contributed by atoms with Gasteiger partial charge in [0.1, 0.15) is 11.3 Å². The normalized spacial score (nSPS) is 12.1. The minimum atomic E-state index is -4.51. The van der Waals surface area contributed by atoms with Crippen LogP contribution in [0.4, 0.5) is 13.2 Å². The van der Waals surface area contributed by atoms with Gasteiger partial charge in [-0.05, 0) is 17.0 Å². The lowest BCUT2D eigenvalue weighted by Crippen LogP contribution is -2.22. The Labute approximate surface area is 210 Å². The molecule has 7 nitrogen and oxygen atoms in total. The molecule has 0 saturated carbocycles. The molecule has 0 saturated heterocycles. The molecule has 3 aromatic heterocycles. The molecule has 0 spiro atoms. The average molecular weight is 507 g/mol. The highest BCUT2D eigenvalue weighted by atomic mass is 19.4. The third kappa shape index (κ3) is 4.43. The second-order valence-corrected chi connectivity index (χ2v) is 9.33. The van der Waals surface area contributed by atoms with Gasteiger partial charge in [0.25, 0.3) is 0 Å². The van der Waals surface area contributed by atoms with Crippen LogP contribution in [0.1, 0.15) is 36.6 Å². The van der Waals surface area contributed by atoms with Crippen molar-refractivity contribution in [2.45, 2.75) is 32.5 Å². The lowest BCUT2D eigenvalue weighted by atomic mass is 9.97. The van der Waals surface area contributed by atoms with Crippen molar-refractivity contribution < 1.29 is 13.2 Å². The smallest absolute Gasteiger partial charge is 0.333 e. The first-order valence-electron chi connectivity index (χ1n) is 11.8. The number of alkyl halides is 3. The summed E-state index contributed by atoms with van der Waals surface area (Å²) in [6.07, 6.45) is -1.88. The van der Waals surface area contributed by atoms with Crippen molar-refractivity contribution in [1.29, 1.82) is 0 Å².